The quantitative estimate of drug-likeness (QED) is 0.129. The van der Waals surface area contributed by atoms with Crippen molar-refractivity contribution in [2.24, 2.45) is 5.41 Å². The van der Waals surface area contributed by atoms with Crippen LogP contribution < -0.4 is 0 Å². The van der Waals surface area contributed by atoms with Crippen LogP contribution in [-0.4, -0.2) is 91.6 Å². The number of rotatable bonds is 14. The van der Waals surface area contributed by atoms with Crippen molar-refractivity contribution >= 4 is 17.7 Å². The number of aromatic nitrogens is 2. The van der Waals surface area contributed by atoms with Crippen LogP contribution in [0.4, 0.5) is 17.6 Å². The Kier molecular flexibility index (Phi) is 11.8. The van der Waals surface area contributed by atoms with Gasteiger partial charge in [0.25, 0.3) is 17.7 Å². The minimum absolute atomic E-state index is 0.0606. The zero-order chi connectivity index (χ0) is 37.0. The van der Waals surface area contributed by atoms with Gasteiger partial charge in [0, 0.05) is 50.1 Å². The van der Waals surface area contributed by atoms with Gasteiger partial charge >= 0.3 is 0 Å². The second-order valence-corrected chi connectivity index (χ2v) is 14.5. The SMILES string of the molecule is C[C@H](O)C(=O)N(C1CN(CCCCCCN2C(=O)C=CC2=O)C[C@@H]1F)[C@@H](c1nc(-c2cc(F)ccc2F)cn1Cc1cccc(F)c1)C(C)(C)C. The van der Waals surface area contributed by atoms with Gasteiger partial charge in [-0.15, -0.1) is 0 Å². The highest BCUT2D eigenvalue weighted by Crippen LogP contribution is 2.42. The van der Waals surface area contributed by atoms with E-state index >= 15 is 8.78 Å². The highest BCUT2D eigenvalue weighted by Gasteiger charge is 2.48. The second kappa shape index (κ2) is 15.9. The topological polar surface area (TPSA) is 99.0 Å². The first kappa shape index (κ1) is 37.9. The molecular weight excluding hydrogens is 666 g/mol. The Labute approximate surface area is 295 Å². The van der Waals surface area contributed by atoms with Gasteiger partial charge < -0.3 is 14.6 Å². The van der Waals surface area contributed by atoms with Gasteiger partial charge in [-0.2, -0.15) is 0 Å². The molecule has 1 unspecified atom stereocenters. The van der Waals surface area contributed by atoms with E-state index in [1.54, 1.807) is 16.7 Å². The number of unbranched alkanes of at least 4 members (excludes halogenated alkanes) is 3. The zero-order valence-electron chi connectivity index (χ0n) is 29.4. The lowest BCUT2D eigenvalue weighted by Crippen LogP contribution is -2.54. The summed E-state index contributed by atoms with van der Waals surface area (Å²) in [4.78, 5) is 46.8. The number of carbonyl (C=O) groups excluding carboxylic acids is 3. The summed E-state index contributed by atoms with van der Waals surface area (Å²) in [6.45, 7) is 8.07. The Balaban J connectivity index is 1.42. The average molecular weight is 712 g/mol. The molecule has 0 bridgehead atoms. The van der Waals surface area contributed by atoms with Crippen LogP contribution >= 0.6 is 0 Å². The molecule has 0 saturated carbocycles. The van der Waals surface area contributed by atoms with Gasteiger partial charge in [0.2, 0.25) is 0 Å². The van der Waals surface area contributed by atoms with E-state index in [9.17, 15) is 28.3 Å². The summed E-state index contributed by atoms with van der Waals surface area (Å²) in [6, 6.07) is 6.98. The zero-order valence-corrected chi connectivity index (χ0v) is 29.4. The Morgan fingerprint density at radius 1 is 0.961 bits per heavy atom. The van der Waals surface area contributed by atoms with E-state index in [0.717, 1.165) is 37.5 Å². The third kappa shape index (κ3) is 8.93. The summed E-state index contributed by atoms with van der Waals surface area (Å²) in [7, 11) is 0. The fraction of sp³-hybridized carbons (Fsp3) is 0.474. The van der Waals surface area contributed by atoms with Crippen molar-refractivity contribution in [3.05, 3.63) is 89.7 Å². The number of benzene rings is 2. The number of nitrogens with zero attached hydrogens (tertiary/aromatic N) is 5. The van der Waals surface area contributed by atoms with Crippen LogP contribution in [0.15, 0.2) is 60.8 Å². The van der Waals surface area contributed by atoms with E-state index in [1.807, 2.05) is 25.7 Å². The smallest absolute Gasteiger partial charge is 0.253 e. The number of amides is 3. The van der Waals surface area contributed by atoms with Crippen molar-refractivity contribution < 1.29 is 37.1 Å². The molecule has 0 spiro atoms. The third-order valence-electron chi connectivity index (χ3n) is 9.37. The standard InChI is InChI=1S/C38H45F4N5O4/c1-24(48)37(51)47(32-23-44(21-30(32)42)16-7-5-6-8-17-46-33(49)14-15-34(46)50)35(38(2,3)4)36-43-31(28-19-27(40)12-13-29(28)41)22-45(36)20-25-10-9-11-26(39)18-25/h9-15,18-19,22,24,30,32,35,48H,5-8,16-17,20-21,23H2,1-4H3/t24-,30-,32?,35-/m0/s1. The van der Waals surface area contributed by atoms with Gasteiger partial charge in [-0.05, 0) is 67.6 Å². The lowest BCUT2D eigenvalue weighted by atomic mass is 9.83. The second-order valence-electron chi connectivity index (χ2n) is 14.5. The van der Waals surface area contributed by atoms with Crippen molar-refractivity contribution in [2.75, 3.05) is 26.2 Å². The minimum atomic E-state index is -1.48. The fourth-order valence-corrected chi connectivity index (χ4v) is 6.93. The van der Waals surface area contributed by atoms with Gasteiger partial charge in [0.15, 0.2) is 0 Å². The molecule has 9 nitrogen and oxygen atoms in total. The third-order valence-corrected chi connectivity index (χ3v) is 9.37. The van der Waals surface area contributed by atoms with Crippen LogP contribution in [0.25, 0.3) is 11.3 Å². The maximum Gasteiger partial charge on any atom is 0.253 e. The molecule has 3 amide bonds. The normalized spacial score (nSPS) is 19.3. The Bertz CT molecular complexity index is 1750. The van der Waals surface area contributed by atoms with Crippen LogP contribution in [0.1, 0.15) is 70.8 Å². The Morgan fingerprint density at radius 3 is 2.27 bits per heavy atom. The summed E-state index contributed by atoms with van der Waals surface area (Å²) < 4.78 is 61.5. The molecule has 3 heterocycles. The maximum absolute atomic E-state index is 16.2. The number of alkyl halides is 1. The number of likely N-dealkylation sites (tertiary alicyclic amines) is 1. The summed E-state index contributed by atoms with van der Waals surface area (Å²) in [5, 5.41) is 10.6. The lowest BCUT2D eigenvalue weighted by molar-refractivity contribution is -0.149. The molecule has 0 radical (unpaired) electrons. The molecule has 0 aliphatic carbocycles. The van der Waals surface area contributed by atoms with Gasteiger partial charge in [0.05, 0.1) is 17.8 Å². The number of hydrogen-bond donors (Lipinski definition) is 1. The van der Waals surface area contributed by atoms with E-state index in [4.69, 9.17) is 4.98 Å². The molecule has 5 rings (SSSR count). The minimum Gasteiger partial charge on any atom is -0.384 e. The number of carbonyl (C=O) groups is 3. The van der Waals surface area contributed by atoms with Crippen molar-refractivity contribution in [2.45, 2.75) is 84.3 Å². The molecular formula is C38H45F4N5O4. The summed E-state index contributed by atoms with van der Waals surface area (Å²) in [6.07, 6.45) is 4.04. The van der Waals surface area contributed by atoms with E-state index in [-0.39, 0.29) is 48.5 Å². The first-order chi connectivity index (χ1) is 24.1. The number of halogens is 4. The van der Waals surface area contributed by atoms with Crippen LogP contribution in [0, 0.1) is 22.9 Å². The molecule has 1 N–H and O–H groups in total. The molecule has 1 fully saturated rings. The first-order valence-corrected chi connectivity index (χ1v) is 17.3. The van der Waals surface area contributed by atoms with Crippen molar-refractivity contribution in [1.82, 2.24) is 24.3 Å². The highest BCUT2D eigenvalue weighted by molar-refractivity contribution is 6.12. The predicted octanol–water partition coefficient (Wildman–Crippen LogP) is 5.82. The Morgan fingerprint density at radius 2 is 1.63 bits per heavy atom. The van der Waals surface area contributed by atoms with Gasteiger partial charge in [-0.3, -0.25) is 24.2 Å². The monoisotopic (exact) mass is 711 g/mol. The summed E-state index contributed by atoms with van der Waals surface area (Å²) >= 11 is 0. The van der Waals surface area contributed by atoms with E-state index in [2.05, 4.69) is 0 Å². The lowest BCUT2D eigenvalue weighted by Gasteiger charge is -2.44. The Hall–Kier alpha value is -4.36. The molecule has 1 saturated heterocycles. The molecule has 274 valence electrons. The average Bonchev–Trinajstić information content (AvgIpc) is 3.73. The largest absolute Gasteiger partial charge is 0.384 e. The molecule has 51 heavy (non-hydrogen) atoms. The molecule has 4 atom stereocenters. The maximum atomic E-state index is 16.2. The summed E-state index contributed by atoms with van der Waals surface area (Å²) in [5.41, 5.74) is -0.293. The molecule has 3 aromatic rings. The molecule has 1 aromatic heterocycles. The highest BCUT2D eigenvalue weighted by atomic mass is 19.1. The number of aliphatic hydroxyl groups excluding tert-OH is 1. The summed E-state index contributed by atoms with van der Waals surface area (Å²) in [5.74, 6) is -2.94. The van der Waals surface area contributed by atoms with Crippen LogP contribution in [0.3, 0.4) is 0 Å². The molecule has 2 aromatic carbocycles. The number of imidazole rings is 1. The van der Waals surface area contributed by atoms with E-state index < -0.39 is 53.1 Å². The van der Waals surface area contributed by atoms with Crippen molar-refractivity contribution in [1.29, 1.82) is 0 Å². The van der Waals surface area contributed by atoms with E-state index in [0.29, 0.717) is 25.1 Å². The number of hydrogen-bond acceptors (Lipinski definition) is 6. The fourth-order valence-electron chi connectivity index (χ4n) is 6.93. The number of aliphatic hydroxyl groups is 1. The van der Waals surface area contributed by atoms with Crippen LogP contribution in [-0.2, 0) is 20.9 Å². The molecule has 2 aliphatic heterocycles. The van der Waals surface area contributed by atoms with Crippen LogP contribution in [0.2, 0.25) is 0 Å². The predicted molar refractivity (Wildman–Crippen MR) is 183 cm³/mol. The van der Waals surface area contributed by atoms with Gasteiger partial charge in [-0.25, -0.2) is 22.5 Å². The molecule has 2 aliphatic rings. The van der Waals surface area contributed by atoms with Crippen LogP contribution in [0.5, 0.6) is 0 Å². The van der Waals surface area contributed by atoms with E-state index in [1.165, 1.54) is 47.2 Å². The first-order valence-electron chi connectivity index (χ1n) is 17.3. The molecule has 13 heteroatoms. The van der Waals surface area contributed by atoms with Crippen molar-refractivity contribution in [3.63, 3.8) is 0 Å². The number of imide groups is 1. The van der Waals surface area contributed by atoms with Crippen molar-refractivity contribution in [3.8, 4) is 11.3 Å². The van der Waals surface area contributed by atoms with Gasteiger partial charge in [-0.1, -0.05) is 45.7 Å². The van der Waals surface area contributed by atoms with Gasteiger partial charge in [0.1, 0.15) is 35.6 Å².